The molecule has 1 heterocycles. The minimum absolute atomic E-state index is 0.362. The van der Waals surface area contributed by atoms with Gasteiger partial charge in [0.1, 0.15) is 11.7 Å². The van der Waals surface area contributed by atoms with E-state index in [1.54, 1.807) is 42.5 Å². The highest BCUT2D eigenvalue weighted by Gasteiger charge is 2.16. The summed E-state index contributed by atoms with van der Waals surface area (Å²) in [5, 5.41) is 14.0. The van der Waals surface area contributed by atoms with E-state index in [4.69, 9.17) is 23.2 Å². The predicted octanol–water partition coefficient (Wildman–Crippen LogP) is 4.47. The summed E-state index contributed by atoms with van der Waals surface area (Å²) in [5.74, 6) is -0.362. The molecule has 0 aliphatic rings. The number of H-pyrrole nitrogens is 1. The maximum absolute atomic E-state index is 12.4. The van der Waals surface area contributed by atoms with Gasteiger partial charge >= 0.3 is 0 Å². The predicted molar refractivity (Wildman–Crippen MR) is 90.6 cm³/mol. The molecule has 1 atom stereocenters. The fourth-order valence-corrected chi connectivity index (χ4v) is 2.57. The Balaban J connectivity index is 1.83. The van der Waals surface area contributed by atoms with Gasteiger partial charge in [0.25, 0.3) is 5.91 Å². The van der Waals surface area contributed by atoms with Crippen LogP contribution in [0.2, 0.25) is 10.0 Å². The van der Waals surface area contributed by atoms with Crippen LogP contribution >= 0.6 is 23.2 Å². The van der Waals surface area contributed by atoms with Gasteiger partial charge in [0, 0.05) is 20.9 Å². The van der Waals surface area contributed by atoms with Crippen molar-refractivity contribution in [1.82, 2.24) is 10.3 Å². The largest absolute Gasteiger partial charge is 0.350 e. The minimum atomic E-state index is -0.755. The SMILES string of the molecule is N#CC(NC(=O)c1cc2ccc(Cl)cc2[nH]1)c1ccc(Cl)cc1. The van der Waals surface area contributed by atoms with Crippen LogP contribution in [0, 0.1) is 11.3 Å². The van der Waals surface area contributed by atoms with Crippen LogP contribution in [0.1, 0.15) is 22.1 Å². The third kappa shape index (κ3) is 3.31. The number of carbonyl (C=O) groups is 1. The maximum atomic E-state index is 12.4. The molecule has 4 nitrogen and oxygen atoms in total. The third-order valence-electron chi connectivity index (χ3n) is 3.44. The molecule has 6 heteroatoms. The van der Waals surface area contributed by atoms with E-state index in [1.807, 2.05) is 6.07 Å². The summed E-state index contributed by atoms with van der Waals surface area (Å²) in [6.07, 6.45) is 0. The second-order valence-electron chi connectivity index (χ2n) is 5.00. The van der Waals surface area contributed by atoms with Crippen molar-refractivity contribution in [2.45, 2.75) is 6.04 Å². The van der Waals surface area contributed by atoms with Crippen molar-refractivity contribution in [2.75, 3.05) is 0 Å². The van der Waals surface area contributed by atoms with Gasteiger partial charge in [0.05, 0.1) is 6.07 Å². The fourth-order valence-electron chi connectivity index (χ4n) is 2.28. The summed E-state index contributed by atoms with van der Waals surface area (Å²) in [7, 11) is 0. The van der Waals surface area contributed by atoms with Gasteiger partial charge < -0.3 is 10.3 Å². The first-order valence-corrected chi connectivity index (χ1v) is 7.56. The van der Waals surface area contributed by atoms with Crippen molar-refractivity contribution in [3.8, 4) is 6.07 Å². The first kappa shape index (κ1) is 15.4. The summed E-state index contributed by atoms with van der Waals surface area (Å²) >= 11 is 11.8. The van der Waals surface area contributed by atoms with Crippen LogP contribution in [-0.2, 0) is 0 Å². The number of aromatic nitrogens is 1. The zero-order chi connectivity index (χ0) is 16.4. The van der Waals surface area contributed by atoms with E-state index < -0.39 is 6.04 Å². The van der Waals surface area contributed by atoms with E-state index in [2.05, 4.69) is 16.4 Å². The Bertz CT molecular complexity index is 910. The normalized spacial score (nSPS) is 11.9. The molecule has 3 aromatic rings. The topological polar surface area (TPSA) is 68.7 Å². The van der Waals surface area contributed by atoms with Gasteiger partial charge in [-0.05, 0) is 35.9 Å². The molecule has 23 heavy (non-hydrogen) atoms. The minimum Gasteiger partial charge on any atom is -0.350 e. The standard InChI is InChI=1S/C17H11Cl2N3O/c18-12-4-1-10(2-5-12)16(9-20)22-17(23)15-7-11-3-6-13(19)8-14(11)21-15/h1-8,16,21H,(H,22,23). The highest BCUT2D eigenvalue weighted by Crippen LogP contribution is 2.21. The average Bonchev–Trinajstić information content (AvgIpc) is 2.96. The molecule has 0 aliphatic carbocycles. The van der Waals surface area contributed by atoms with Gasteiger partial charge in [0.2, 0.25) is 0 Å². The van der Waals surface area contributed by atoms with Crippen molar-refractivity contribution in [2.24, 2.45) is 0 Å². The zero-order valence-corrected chi connectivity index (χ0v) is 13.3. The molecule has 0 radical (unpaired) electrons. The molecule has 2 aromatic carbocycles. The van der Waals surface area contributed by atoms with E-state index in [9.17, 15) is 10.1 Å². The Morgan fingerprint density at radius 2 is 1.78 bits per heavy atom. The lowest BCUT2D eigenvalue weighted by atomic mass is 10.1. The van der Waals surface area contributed by atoms with Crippen molar-refractivity contribution in [1.29, 1.82) is 5.26 Å². The summed E-state index contributed by atoms with van der Waals surface area (Å²) < 4.78 is 0. The number of amides is 1. The van der Waals surface area contributed by atoms with Gasteiger partial charge in [-0.15, -0.1) is 0 Å². The smallest absolute Gasteiger partial charge is 0.269 e. The van der Waals surface area contributed by atoms with Crippen LogP contribution in [0.15, 0.2) is 48.5 Å². The molecule has 0 spiro atoms. The summed E-state index contributed by atoms with van der Waals surface area (Å²) in [6, 6.07) is 15.1. The lowest BCUT2D eigenvalue weighted by molar-refractivity contribution is 0.0941. The number of nitrogens with one attached hydrogen (secondary N) is 2. The second-order valence-corrected chi connectivity index (χ2v) is 5.87. The van der Waals surface area contributed by atoms with Gasteiger partial charge in [-0.3, -0.25) is 4.79 Å². The summed E-state index contributed by atoms with van der Waals surface area (Å²) in [6.45, 7) is 0. The number of nitriles is 1. The number of rotatable bonds is 3. The number of carbonyl (C=O) groups excluding carboxylic acids is 1. The molecular formula is C17H11Cl2N3O. The number of hydrogen-bond donors (Lipinski definition) is 2. The van der Waals surface area contributed by atoms with E-state index >= 15 is 0 Å². The van der Waals surface area contributed by atoms with Gasteiger partial charge in [-0.1, -0.05) is 41.4 Å². The lowest BCUT2D eigenvalue weighted by Crippen LogP contribution is -2.27. The first-order valence-electron chi connectivity index (χ1n) is 6.81. The van der Waals surface area contributed by atoms with Crippen LogP contribution in [-0.4, -0.2) is 10.9 Å². The Hall–Kier alpha value is -2.48. The molecule has 0 fully saturated rings. The number of halogens is 2. The molecule has 1 amide bonds. The molecule has 0 bridgehead atoms. The molecular weight excluding hydrogens is 333 g/mol. The van der Waals surface area contributed by atoms with Crippen LogP contribution in [0.4, 0.5) is 0 Å². The Labute approximate surface area is 142 Å². The Morgan fingerprint density at radius 3 is 2.48 bits per heavy atom. The highest BCUT2D eigenvalue weighted by atomic mass is 35.5. The summed E-state index contributed by atoms with van der Waals surface area (Å²) in [4.78, 5) is 15.4. The van der Waals surface area contributed by atoms with Crippen molar-refractivity contribution >= 4 is 40.0 Å². The molecule has 1 unspecified atom stereocenters. The van der Waals surface area contributed by atoms with E-state index in [1.165, 1.54) is 0 Å². The molecule has 114 valence electrons. The van der Waals surface area contributed by atoms with Crippen molar-refractivity contribution in [3.63, 3.8) is 0 Å². The second kappa shape index (κ2) is 6.33. The average molecular weight is 344 g/mol. The quantitative estimate of drug-likeness (QED) is 0.736. The number of benzene rings is 2. The highest BCUT2D eigenvalue weighted by molar-refractivity contribution is 6.31. The monoisotopic (exact) mass is 343 g/mol. The van der Waals surface area contributed by atoms with E-state index in [0.717, 1.165) is 10.9 Å². The lowest BCUT2D eigenvalue weighted by Gasteiger charge is -2.11. The Kier molecular flexibility index (Phi) is 4.24. The van der Waals surface area contributed by atoms with E-state index in [-0.39, 0.29) is 5.91 Å². The summed E-state index contributed by atoms with van der Waals surface area (Å²) in [5.41, 5.74) is 1.81. The van der Waals surface area contributed by atoms with Crippen LogP contribution in [0.25, 0.3) is 10.9 Å². The zero-order valence-electron chi connectivity index (χ0n) is 11.8. The number of fused-ring (bicyclic) bond motifs is 1. The van der Waals surface area contributed by atoms with Crippen LogP contribution < -0.4 is 5.32 Å². The number of hydrogen-bond acceptors (Lipinski definition) is 2. The molecule has 1 aromatic heterocycles. The van der Waals surface area contributed by atoms with Crippen LogP contribution in [0.5, 0.6) is 0 Å². The van der Waals surface area contributed by atoms with Gasteiger partial charge in [-0.2, -0.15) is 5.26 Å². The van der Waals surface area contributed by atoms with Crippen LogP contribution in [0.3, 0.4) is 0 Å². The number of nitrogens with zero attached hydrogens (tertiary/aromatic N) is 1. The maximum Gasteiger partial charge on any atom is 0.269 e. The van der Waals surface area contributed by atoms with Crippen molar-refractivity contribution < 1.29 is 4.79 Å². The van der Waals surface area contributed by atoms with E-state index in [0.29, 0.717) is 21.3 Å². The Morgan fingerprint density at radius 1 is 1.09 bits per heavy atom. The molecule has 0 saturated heterocycles. The fraction of sp³-hybridized carbons (Fsp3) is 0.0588. The third-order valence-corrected chi connectivity index (χ3v) is 3.92. The molecule has 0 saturated carbocycles. The van der Waals surface area contributed by atoms with Gasteiger partial charge in [0.15, 0.2) is 0 Å². The molecule has 3 rings (SSSR count). The van der Waals surface area contributed by atoms with Gasteiger partial charge in [-0.25, -0.2) is 0 Å². The molecule has 2 N–H and O–H groups in total. The first-order chi connectivity index (χ1) is 11.1. The number of aromatic amines is 1. The van der Waals surface area contributed by atoms with Crippen molar-refractivity contribution in [3.05, 3.63) is 69.8 Å². The molecule has 0 aliphatic heterocycles.